The number of halogens is 1. The summed E-state index contributed by atoms with van der Waals surface area (Å²) in [5.74, 6) is 0.000275. The minimum absolute atomic E-state index is 0.124. The molecule has 2 rings (SSSR count). The summed E-state index contributed by atoms with van der Waals surface area (Å²) in [6.07, 6.45) is 1.61. The second-order valence-electron chi connectivity index (χ2n) is 4.40. The Morgan fingerprint density at radius 1 is 1.27 bits per heavy atom. The Balaban J connectivity index is 2.19. The molecule has 5 heteroatoms. The molecule has 0 aliphatic rings. The van der Waals surface area contributed by atoms with Gasteiger partial charge in [-0.3, -0.25) is 4.79 Å². The van der Waals surface area contributed by atoms with Gasteiger partial charge < -0.3 is 14.8 Å². The first-order valence-electron chi connectivity index (χ1n) is 6.63. The predicted octanol–water partition coefficient (Wildman–Crippen LogP) is 3.65. The first kappa shape index (κ1) is 15.6. The number of nitrogens with one attached hydrogen (secondary N) is 1. The molecular weight excluding hydrogens is 285 g/mol. The molecule has 0 saturated heterocycles. The molecular formula is C17H16FNO3. The van der Waals surface area contributed by atoms with E-state index >= 15 is 0 Å². The number of methoxy groups -OCH3 is 1. The number of hydrogen-bond donors (Lipinski definition) is 1. The summed E-state index contributed by atoms with van der Waals surface area (Å²) >= 11 is 0. The topological polar surface area (TPSA) is 47.6 Å². The number of para-hydroxylation sites is 1. The molecule has 4 nitrogen and oxygen atoms in total. The van der Waals surface area contributed by atoms with Crippen LogP contribution in [-0.4, -0.2) is 19.6 Å². The lowest BCUT2D eigenvalue weighted by molar-refractivity contribution is 0.102. The maximum Gasteiger partial charge on any atom is 0.255 e. The molecule has 0 unspecified atom stereocenters. The lowest BCUT2D eigenvalue weighted by Crippen LogP contribution is -2.13. The monoisotopic (exact) mass is 301 g/mol. The minimum Gasteiger partial charge on any atom is -0.493 e. The third-order valence-corrected chi connectivity index (χ3v) is 2.90. The van der Waals surface area contributed by atoms with Crippen molar-refractivity contribution < 1.29 is 18.7 Å². The largest absolute Gasteiger partial charge is 0.493 e. The van der Waals surface area contributed by atoms with E-state index in [0.717, 1.165) is 0 Å². The highest BCUT2D eigenvalue weighted by Crippen LogP contribution is 2.28. The molecule has 2 aromatic rings. The normalized spacial score (nSPS) is 9.91. The first-order valence-corrected chi connectivity index (χ1v) is 6.63. The standard InChI is InChI=1S/C17H16FNO3/c1-3-10-22-15-9-8-12(11-16(15)21-2)17(20)19-14-7-5-4-6-13(14)18/h3-9,11H,1,10H2,2H3,(H,19,20). The molecule has 1 amide bonds. The molecule has 0 fully saturated rings. The summed E-state index contributed by atoms with van der Waals surface area (Å²) in [6.45, 7) is 3.90. The highest BCUT2D eigenvalue weighted by atomic mass is 19.1. The highest BCUT2D eigenvalue weighted by molar-refractivity contribution is 6.04. The number of carbonyl (C=O) groups excluding carboxylic acids is 1. The Kier molecular flexibility index (Phi) is 5.14. The van der Waals surface area contributed by atoms with Crippen molar-refractivity contribution in [3.05, 3.63) is 66.5 Å². The molecule has 0 spiro atoms. The summed E-state index contributed by atoms with van der Waals surface area (Å²) in [6, 6.07) is 10.7. The highest BCUT2D eigenvalue weighted by Gasteiger charge is 2.12. The van der Waals surface area contributed by atoms with Gasteiger partial charge in [0.25, 0.3) is 5.91 Å². The predicted molar refractivity (Wildman–Crippen MR) is 83.0 cm³/mol. The van der Waals surface area contributed by atoms with Crippen molar-refractivity contribution >= 4 is 11.6 Å². The van der Waals surface area contributed by atoms with Crippen LogP contribution in [0.4, 0.5) is 10.1 Å². The van der Waals surface area contributed by atoms with Crippen LogP contribution in [0.5, 0.6) is 11.5 Å². The van der Waals surface area contributed by atoms with Crippen molar-refractivity contribution in [3.8, 4) is 11.5 Å². The maximum atomic E-state index is 13.5. The number of anilines is 1. The van der Waals surface area contributed by atoms with Crippen LogP contribution in [0.25, 0.3) is 0 Å². The average molecular weight is 301 g/mol. The molecule has 0 saturated carbocycles. The van der Waals surface area contributed by atoms with Crippen molar-refractivity contribution in [1.82, 2.24) is 0 Å². The van der Waals surface area contributed by atoms with Crippen molar-refractivity contribution in [1.29, 1.82) is 0 Å². The molecule has 0 heterocycles. The molecule has 114 valence electrons. The molecule has 2 aromatic carbocycles. The SMILES string of the molecule is C=CCOc1ccc(C(=O)Nc2ccccc2F)cc1OC. The van der Waals surface area contributed by atoms with E-state index in [2.05, 4.69) is 11.9 Å². The van der Waals surface area contributed by atoms with E-state index < -0.39 is 11.7 Å². The fraction of sp³-hybridized carbons (Fsp3) is 0.118. The number of benzene rings is 2. The molecule has 0 atom stereocenters. The fourth-order valence-electron chi connectivity index (χ4n) is 1.83. The summed E-state index contributed by atoms with van der Waals surface area (Å²) in [4.78, 5) is 12.2. The van der Waals surface area contributed by atoms with Crippen LogP contribution in [0.3, 0.4) is 0 Å². The van der Waals surface area contributed by atoms with Crippen LogP contribution in [-0.2, 0) is 0 Å². The van der Waals surface area contributed by atoms with Crippen molar-refractivity contribution in [2.75, 3.05) is 19.0 Å². The van der Waals surface area contributed by atoms with E-state index in [4.69, 9.17) is 9.47 Å². The van der Waals surface area contributed by atoms with E-state index in [1.165, 1.54) is 25.3 Å². The molecule has 22 heavy (non-hydrogen) atoms. The molecule has 0 bridgehead atoms. The molecule has 0 aliphatic carbocycles. The zero-order chi connectivity index (χ0) is 15.9. The van der Waals surface area contributed by atoms with Gasteiger partial charge in [-0.05, 0) is 30.3 Å². The first-order chi connectivity index (χ1) is 10.7. The maximum absolute atomic E-state index is 13.5. The Morgan fingerprint density at radius 2 is 2.05 bits per heavy atom. The van der Waals surface area contributed by atoms with Gasteiger partial charge in [0.15, 0.2) is 11.5 Å². The lowest BCUT2D eigenvalue weighted by atomic mass is 10.1. The van der Waals surface area contributed by atoms with Crippen molar-refractivity contribution in [3.63, 3.8) is 0 Å². The summed E-state index contributed by atoms with van der Waals surface area (Å²) < 4.78 is 24.2. The van der Waals surface area contributed by atoms with Crippen LogP contribution in [0.15, 0.2) is 55.1 Å². The Hall–Kier alpha value is -2.82. The quantitative estimate of drug-likeness (QED) is 0.828. The lowest BCUT2D eigenvalue weighted by Gasteiger charge is -2.11. The van der Waals surface area contributed by atoms with Gasteiger partial charge in [0.05, 0.1) is 12.8 Å². The Bertz CT molecular complexity index is 685. The number of carbonyl (C=O) groups is 1. The fourth-order valence-corrected chi connectivity index (χ4v) is 1.83. The van der Waals surface area contributed by atoms with Crippen LogP contribution in [0.1, 0.15) is 10.4 Å². The minimum atomic E-state index is -0.492. The summed E-state index contributed by atoms with van der Waals surface area (Å²) in [5.41, 5.74) is 0.463. The summed E-state index contributed by atoms with van der Waals surface area (Å²) in [5, 5.41) is 2.51. The van der Waals surface area contributed by atoms with Crippen molar-refractivity contribution in [2.24, 2.45) is 0 Å². The van der Waals surface area contributed by atoms with Crippen LogP contribution >= 0.6 is 0 Å². The second kappa shape index (κ2) is 7.26. The zero-order valence-corrected chi connectivity index (χ0v) is 12.1. The van der Waals surface area contributed by atoms with Gasteiger partial charge in [0.2, 0.25) is 0 Å². The second-order valence-corrected chi connectivity index (χ2v) is 4.40. The zero-order valence-electron chi connectivity index (χ0n) is 12.1. The van der Waals surface area contributed by atoms with Crippen LogP contribution in [0.2, 0.25) is 0 Å². The van der Waals surface area contributed by atoms with E-state index in [0.29, 0.717) is 23.7 Å². The van der Waals surface area contributed by atoms with E-state index in [1.54, 1.807) is 30.3 Å². The third kappa shape index (κ3) is 3.63. The third-order valence-electron chi connectivity index (χ3n) is 2.90. The van der Waals surface area contributed by atoms with Gasteiger partial charge in [-0.1, -0.05) is 24.8 Å². The number of rotatable bonds is 6. The van der Waals surface area contributed by atoms with E-state index in [9.17, 15) is 9.18 Å². The van der Waals surface area contributed by atoms with E-state index in [1.807, 2.05) is 0 Å². The van der Waals surface area contributed by atoms with Gasteiger partial charge in [-0.25, -0.2) is 4.39 Å². The molecule has 0 aromatic heterocycles. The molecule has 0 aliphatic heterocycles. The van der Waals surface area contributed by atoms with Crippen LogP contribution < -0.4 is 14.8 Å². The number of amides is 1. The van der Waals surface area contributed by atoms with Gasteiger partial charge >= 0.3 is 0 Å². The van der Waals surface area contributed by atoms with Crippen LogP contribution in [0, 0.1) is 5.82 Å². The average Bonchev–Trinajstić information content (AvgIpc) is 2.54. The van der Waals surface area contributed by atoms with Gasteiger partial charge in [0, 0.05) is 5.56 Å². The Labute approximate surface area is 128 Å². The Morgan fingerprint density at radius 3 is 2.73 bits per heavy atom. The van der Waals surface area contributed by atoms with Gasteiger partial charge in [0.1, 0.15) is 12.4 Å². The number of ether oxygens (including phenoxy) is 2. The van der Waals surface area contributed by atoms with Gasteiger partial charge in [-0.15, -0.1) is 0 Å². The molecule has 0 radical (unpaired) electrons. The van der Waals surface area contributed by atoms with Crippen molar-refractivity contribution in [2.45, 2.75) is 0 Å². The number of hydrogen-bond acceptors (Lipinski definition) is 3. The van der Waals surface area contributed by atoms with Gasteiger partial charge in [-0.2, -0.15) is 0 Å². The summed E-state index contributed by atoms with van der Waals surface area (Å²) in [7, 11) is 1.48. The smallest absolute Gasteiger partial charge is 0.255 e. The van der Waals surface area contributed by atoms with E-state index in [-0.39, 0.29) is 5.69 Å². The molecule has 1 N–H and O–H groups in total.